The summed E-state index contributed by atoms with van der Waals surface area (Å²) in [5, 5.41) is 36.3. The van der Waals surface area contributed by atoms with E-state index in [1.54, 1.807) is 0 Å². The number of thioether (sulfide) groups is 1. The SMILES string of the molecule is CC(C)(COP(=O)(O)OP(=O)(O)OC[C@H]1O[C@@H](n2cnc3c(N)ncnc32)[C@H](O)[C@@H]1OP(=O)(O)O)[C@@H](O)C(=O)NCCC(=O)NCCSC(=O)CC(O)Cc1ccccc1. The van der Waals surface area contributed by atoms with Gasteiger partial charge >= 0.3 is 23.5 Å². The van der Waals surface area contributed by atoms with Crippen molar-refractivity contribution < 1.29 is 85.6 Å². The van der Waals surface area contributed by atoms with Gasteiger partial charge in [0, 0.05) is 37.1 Å². The number of rotatable bonds is 23. The number of nitrogens with one attached hydrogen (secondary N) is 2. The van der Waals surface area contributed by atoms with Gasteiger partial charge in [0.05, 0.1) is 25.6 Å². The van der Waals surface area contributed by atoms with Gasteiger partial charge in [-0.2, -0.15) is 4.31 Å². The first kappa shape index (κ1) is 49.4. The van der Waals surface area contributed by atoms with E-state index >= 15 is 0 Å². The fourth-order valence-electron chi connectivity index (χ4n) is 5.50. The van der Waals surface area contributed by atoms with Crippen molar-refractivity contribution in [1.82, 2.24) is 30.2 Å². The van der Waals surface area contributed by atoms with Crippen LogP contribution in [-0.4, -0.2) is 134 Å². The first-order valence-electron chi connectivity index (χ1n) is 17.7. The minimum Gasteiger partial charge on any atom is -0.392 e. The molecule has 2 amide bonds. The molecule has 3 aromatic rings. The quantitative estimate of drug-likeness (QED) is 0.0429. The number of hydrogen-bond acceptors (Lipinski definition) is 19. The predicted octanol–water partition coefficient (Wildman–Crippen LogP) is -0.342. The Morgan fingerprint density at radius 2 is 1.68 bits per heavy atom. The third-order valence-corrected chi connectivity index (χ3v) is 12.5. The van der Waals surface area contributed by atoms with Crippen molar-refractivity contribution >= 4 is 69.1 Å². The second-order valence-corrected chi connectivity index (χ2v) is 19.2. The Morgan fingerprint density at radius 3 is 2.37 bits per heavy atom. The van der Waals surface area contributed by atoms with Crippen molar-refractivity contribution in [2.45, 2.75) is 69.9 Å². The van der Waals surface area contributed by atoms with Crippen LogP contribution in [0.1, 0.15) is 38.5 Å². The molecule has 2 aromatic heterocycles. The molecule has 4 rings (SSSR count). The Bertz CT molecular complexity index is 2100. The molecule has 0 saturated carbocycles. The fourth-order valence-corrected chi connectivity index (χ4v) is 9.08. The van der Waals surface area contributed by atoms with E-state index in [1.165, 1.54) is 13.8 Å². The Hall–Kier alpha value is -3.26. The van der Waals surface area contributed by atoms with Crippen molar-refractivity contribution in [3.63, 3.8) is 0 Å². The van der Waals surface area contributed by atoms with Gasteiger partial charge in [-0.3, -0.25) is 32.5 Å². The van der Waals surface area contributed by atoms with E-state index in [2.05, 4.69) is 34.4 Å². The summed E-state index contributed by atoms with van der Waals surface area (Å²) < 4.78 is 62.2. The maximum Gasteiger partial charge on any atom is 0.481 e. The number of nitrogens with zero attached hydrogens (tertiary/aromatic N) is 4. The summed E-state index contributed by atoms with van der Waals surface area (Å²) in [4.78, 5) is 87.9. The molecule has 1 saturated heterocycles. The number of nitrogen functional groups attached to an aromatic ring is 1. The maximum absolute atomic E-state index is 12.7. The van der Waals surface area contributed by atoms with E-state index in [1.807, 2.05) is 30.3 Å². The first-order valence-corrected chi connectivity index (χ1v) is 23.2. The number of hydrogen-bond donors (Lipinski definition) is 10. The van der Waals surface area contributed by atoms with Crippen molar-refractivity contribution in [2.24, 2.45) is 5.41 Å². The number of carbonyl (C=O) groups is 3. The zero-order chi connectivity index (χ0) is 44.5. The lowest BCUT2D eigenvalue weighted by atomic mass is 9.87. The van der Waals surface area contributed by atoms with Gasteiger partial charge in [0.1, 0.15) is 36.3 Å². The van der Waals surface area contributed by atoms with Crippen LogP contribution in [0.15, 0.2) is 43.0 Å². The third kappa shape index (κ3) is 15.0. The van der Waals surface area contributed by atoms with E-state index in [0.717, 1.165) is 34.5 Å². The van der Waals surface area contributed by atoms with Crippen molar-refractivity contribution in [3.8, 4) is 0 Å². The molecule has 1 aromatic carbocycles. The Balaban J connectivity index is 1.19. The van der Waals surface area contributed by atoms with Crippen molar-refractivity contribution in [2.75, 3.05) is 37.8 Å². The van der Waals surface area contributed by atoms with Gasteiger partial charge in [-0.15, -0.1) is 0 Å². The summed E-state index contributed by atoms with van der Waals surface area (Å²) in [5.74, 6) is -1.29. The summed E-state index contributed by atoms with van der Waals surface area (Å²) in [6, 6.07) is 9.19. The second-order valence-electron chi connectivity index (χ2n) is 13.8. The number of fused-ring (bicyclic) bond motifs is 1. The number of ether oxygens (including phenoxy) is 1. The summed E-state index contributed by atoms with van der Waals surface area (Å²) in [7, 11) is -16.4. The summed E-state index contributed by atoms with van der Waals surface area (Å²) >= 11 is 0.949. The molecule has 3 unspecified atom stereocenters. The van der Waals surface area contributed by atoms with Gasteiger partial charge in [-0.1, -0.05) is 55.9 Å². The second kappa shape index (κ2) is 21.2. The number of aliphatic hydroxyl groups is 3. The minimum absolute atomic E-state index is 0.0247. The Kier molecular flexibility index (Phi) is 17.5. The fraction of sp³-hybridized carbons (Fsp3) is 0.548. The number of anilines is 1. The van der Waals surface area contributed by atoms with Gasteiger partial charge in [-0.25, -0.2) is 28.6 Å². The normalized spacial score (nSPS) is 21.5. The molecule has 25 nitrogen and oxygen atoms in total. The zero-order valence-electron chi connectivity index (χ0n) is 31.9. The van der Waals surface area contributed by atoms with E-state index in [9.17, 15) is 63.0 Å². The van der Waals surface area contributed by atoms with Gasteiger partial charge in [-0.05, 0) is 12.0 Å². The largest absolute Gasteiger partial charge is 0.481 e. The number of amides is 2. The lowest BCUT2D eigenvalue weighted by molar-refractivity contribution is -0.137. The first-order chi connectivity index (χ1) is 28.0. The molecule has 0 bridgehead atoms. The molecule has 1 aliphatic heterocycles. The van der Waals surface area contributed by atoms with Gasteiger partial charge < -0.3 is 56.0 Å². The van der Waals surface area contributed by atoms with Crippen LogP contribution in [0.4, 0.5) is 5.82 Å². The lowest BCUT2D eigenvalue weighted by Gasteiger charge is -2.30. The molecule has 1 fully saturated rings. The smallest absolute Gasteiger partial charge is 0.392 e. The topological polar surface area (TPSA) is 384 Å². The number of benzene rings is 1. The van der Waals surface area contributed by atoms with Crippen LogP contribution in [0.5, 0.6) is 0 Å². The maximum atomic E-state index is 12.7. The van der Waals surface area contributed by atoms with Crippen molar-refractivity contribution in [3.05, 3.63) is 48.5 Å². The number of nitrogens with two attached hydrogens (primary N) is 1. The molecule has 1 aliphatic rings. The molecule has 29 heteroatoms. The molecule has 0 spiro atoms. The average Bonchev–Trinajstić information content (AvgIpc) is 3.71. The number of aromatic nitrogens is 4. The minimum atomic E-state index is -5.59. The predicted molar refractivity (Wildman–Crippen MR) is 208 cm³/mol. The summed E-state index contributed by atoms with van der Waals surface area (Å²) in [6.45, 7) is 0.330. The molecule has 60 heavy (non-hydrogen) atoms. The van der Waals surface area contributed by atoms with Gasteiger partial charge in [0.15, 0.2) is 22.8 Å². The third-order valence-electron chi connectivity index (χ3n) is 8.48. The number of carbonyl (C=O) groups excluding carboxylic acids is 3. The summed E-state index contributed by atoms with van der Waals surface area (Å²) in [5.41, 5.74) is 5.12. The van der Waals surface area contributed by atoms with Crippen LogP contribution in [0.2, 0.25) is 0 Å². The number of phosphoric ester groups is 3. The molecule has 0 radical (unpaired) electrons. The van der Waals surface area contributed by atoms with Crippen LogP contribution < -0.4 is 16.4 Å². The van der Waals surface area contributed by atoms with E-state index in [-0.39, 0.29) is 53.8 Å². The number of aliphatic hydroxyl groups excluding tert-OH is 3. The zero-order valence-corrected chi connectivity index (χ0v) is 35.4. The van der Waals surface area contributed by atoms with Crippen LogP contribution in [0.3, 0.4) is 0 Å². The highest BCUT2D eigenvalue weighted by atomic mass is 32.2. The number of phosphoric acid groups is 3. The van der Waals surface area contributed by atoms with E-state index in [4.69, 9.17) is 19.5 Å². The highest BCUT2D eigenvalue weighted by Gasteiger charge is 2.50. The molecule has 0 aliphatic carbocycles. The van der Waals surface area contributed by atoms with Gasteiger partial charge in [0.2, 0.25) is 11.8 Å². The van der Waals surface area contributed by atoms with E-state index in [0.29, 0.717) is 6.42 Å². The van der Waals surface area contributed by atoms with Crippen LogP contribution >= 0.6 is 35.2 Å². The Morgan fingerprint density at radius 1 is 1.00 bits per heavy atom. The lowest BCUT2D eigenvalue weighted by Crippen LogP contribution is -2.46. The van der Waals surface area contributed by atoms with Crippen LogP contribution in [0, 0.1) is 5.41 Å². The van der Waals surface area contributed by atoms with Crippen LogP contribution in [0.25, 0.3) is 11.2 Å². The highest BCUT2D eigenvalue weighted by Crippen LogP contribution is 2.61. The van der Waals surface area contributed by atoms with Crippen LogP contribution in [-0.2, 0) is 57.1 Å². The van der Waals surface area contributed by atoms with Crippen molar-refractivity contribution in [1.29, 1.82) is 0 Å². The van der Waals surface area contributed by atoms with Gasteiger partial charge in [0.25, 0.3) is 0 Å². The monoisotopic (exact) mass is 929 g/mol. The molecular weight excluding hydrogens is 883 g/mol. The molecular formula is C31H46N7O18P3S. The highest BCUT2D eigenvalue weighted by molar-refractivity contribution is 8.13. The molecule has 11 N–H and O–H groups in total. The molecule has 3 heterocycles. The number of imidazole rings is 1. The molecule has 8 atom stereocenters. The van der Waals surface area contributed by atoms with E-state index < -0.39 is 90.7 Å². The standard InChI is InChI=1S/C31H46N7O18P3S/c1-31(2,26(43)29(44)34-9-8-21(40)33-10-11-60-22(41)13-19(39)12-18-6-4-3-5-7-18)15-53-59(50,51)56-58(48,49)52-14-20-25(55-57(45,46)47)24(42)30(54-20)38-17-37-23-27(32)35-16-36-28(23)38/h3-7,16-17,19-20,24-26,30,39,42-43H,8-15H2,1-2H3,(H,33,40)(H,34,44)(H,48,49)(H,50,51)(H2,32,35,36)(H2,45,46,47)/t19?,20-,24-,25-,26+,30-/m1/s1. The molecule has 334 valence electrons. The Labute approximate surface area is 345 Å². The average molecular weight is 930 g/mol. The summed E-state index contributed by atoms with van der Waals surface area (Å²) in [6.07, 6.45) is -7.60.